The topological polar surface area (TPSA) is 58.2 Å². The number of hydrogen-bond acceptors (Lipinski definition) is 3. The molecule has 0 bridgehead atoms. The molecule has 1 atom stereocenters. The van der Waals surface area contributed by atoms with E-state index in [4.69, 9.17) is 0 Å². The molecule has 66 valence electrons. The van der Waals surface area contributed by atoms with Crippen LogP contribution in [0.3, 0.4) is 0 Å². The molecule has 1 aliphatic carbocycles. The van der Waals surface area contributed by atoms with E-state index in [0.717, 1.165) is 6.42 Å². The Balaban J connectivity index is 2.43. The number of rotatable bonds is 0. The molecule has 0 saturated carbocycles. The van der Waals surface area contributed by atoms with Crippen LogP contribution >= 0.6 is 0 Å². The minimum absolute atomic E-state index is 0.0266. The standard InChI is InChI=1S/C7H10N2O2S/c10-12(11)7-4-2-1-3-6(7)8-5-9-12/h1-2,4,6,8-9H,3,5H2. The molecule has 0 spiro atoms. The van der Waals surface area contributed by atoms with Gasteiger partial charge in [-0.05, 0) is 12.5 Å². The van der Waals surface area contributed by atoms with Crippen LogP contribution in [0.15, 0.2) is 23.1 Å². The van der Waals surface area contributed by atoms with Crippen LogP contribution in [0.5, 0.6) is 0 Å². The van der Waals surface area contributed by atoms with Crippen molar-refractivity contribution in [3.8, 4) is 0 Å². The monoisotopic (exact) mass is 186 g/mol. The van der Waals surface area contributed by atoms with E-state index in [1.807, 2.05) is 6.08 Å². The molecule has 1 aliphatic heterocycles. The molecule has 2 aliphatic rings. The zero-order valence-electron chi connectivity index (χ0n) is 6.45. The lowest BCUT2D eigenvalue weighted by atomic mass is 10.1. The predicted octanol–water partition coefficient (Wildman–Crippen LogP) is -0.321. The van der Waals surface area contributed by atoms with Gasteiger partial charge < -0.3 is 0 Å². The zero-order chi connectivity index (χ0) is 8.60. The zero-order valence-corrected chi connectivity index (χ0v) is 7.26. The van der Waals surface area contributed by atoms with Gasteiger partial charge in [-0.25, -0.2) is 8.42 Å². The number of nitrogens with one attached hydrogen (secondary N) is 2. The van der Waals surface area contributed by atoms with Gasteiger partial charge >= 0.3 is 0 Å². The summed E-state index contributed by atoms with van der Waals surface area (Å²) in [5.74, 6) is 0. The highest BCUT2D eigenvalue weighted by molar-refractivity contribution is 7.93. The lowest BCUT2D eigenvalue weighted by molar-refractivity contribution is 0.515. The van der Waals surface area contributed by atoms with Crippen molar-refractivity contribution in [2.24, 2.45) is 0 Å². The summed E-state index contributed by atoms with van der Waals surface area (Å²) in [7, 11) is -3.19. The summed E-state index contributed by atoms with van der Waals surface area (Å²) in [5, 5.41) is 3.07. The third kappa shape index (κ3) is 1.20. The maximum atomic E-state index is 11.4. The van der Waals surface area contributed by atoms with Gasteiger partial charge in [-0.15, -0.1) is 0 Å². The molecule has 1 saturated heterocycles. The number of hydrogen-bond donors (Lipinski definition) is 2. The Morgan fingerprint density at radius 1 is 1.50 bits per heavy atom. The lowest BCUT2D eigenvalue weighted by Gasteiger charge is -2.27. The Morgan fingerprint density at radius 2 is 2.33 bits per heavy atom. The van der Waals surface area contributed by atoms with Crippen LogP contribution in [-0.2, 0) is 10.0 Å². The number of sulfonamides is 1. The molecule has 12 heavy (non-hydrogen) atoms. The van der Waals surface area contributed by atoms with Crippen molar-refractivity contribution < 1.29 is 8.42 Å². The minimum atomic E-state index is -3.19. The van der Waals surface area contributed by atoms with Gasteiger partial charge in [0.05, 0.1) is 11.6 Å². The molecule has 0 aromatic carbocycles. The van der Waals surface area contributed by atoms with Crippen molar-refractivity contribution in [2.75, 3.05) is 6.67 Å². The third-order valence-corrected chi connectivity index (χ3v) is 3.60. The van der Waals surface area contributed by atoms with Gasteiger partial charge in [-0.2, -0.15) is 4.72 Å². The Kier molecular flexibility index (Phi) is 1.79. The Bertz CT molecular complexity index is 342. The second-order valence-corrected chi connectivity index (χ2v) is 4.58. The van der Waals surface area contributed by atoms with E-state index < -0.39 is 10.0 Å². The first kappa shape index (κ1) is 7.97. The van der Waals surface area contributed by atoms with Gasteiger partial charge in [0, 0.05) is 6.04 Å². The first-order chi connectivity index (χ1) is 5.70. The number of allylic oxidation sites excluding steroid dienone is 2. The largest absolute Gasteiger partial charge is 0.296 e. The molecule has 2 rings (SSSR count). The van der Waals surface area contributed by atoms with Gasteiger partial charge in [0.1, 0.15) is 0 Å². The quantitative estimate of drug-likeness (QED) is 0.545. The van der Waals surface area contributed by atoms with Gasteiger partial charge in [0.15, 0.2) is 0 Å². The Morgan fingerprint density at radius 3 is 3.08 bits per heavy atom. The molecule has 0 aromatic heterocycles. The molecule has 1 heterocycles. The van der Waals surface area contributed by atoms with Crippen molar-refractivity contribution in [3.05, 3.63) is 23.1 Å². The first-order valence-electron chi connectivity index (χ1n) is 3.80. The van der Waals surface area contributed by atoms with Gasteiger partial charge in [0.2, 0.25) is 10.0 Å². The van der Waals surface area contributed by atoms with Gasteiger partial charge in [0.25, 0.3) is 0 Å². The van der Waals surface area contributed by atoms with E-state index in [0.29, 0.717) is 11.6 Å². The summed E-state index contributed by atoms with van der Waals surface area (Å²) >= 11 is 0. The molecule has 1 unspecified atom stereocenters. The van der Waals surface area contributed by atoms with Crippen LogP contribution in [0.25, 0.3) is 0 Å². The summed E-state index contributed by atoms with van der Waals surface area (Å²) in [6.45, 7) is 0.332. The van der Waals surface area contributed by atoms with E-state index in [1.54, 1.807) is 12.2 Å². The summed E-state index contributed by atoms with van der Waals surface area (Å²) in [6, 6.07) is -0.0266. The average molecular weight is 186 g/mol. The molecule has 5 heteroatoms. The van der Waals surface area contributed by atoms with E-state index >= 15 is 0 Å². The molecule has 4 nitrogen and oxygen atoms in total. The summed E-state index contributed by atoms with van der Waals surface area (Å²) in [4.78, 5) is 0.455. The van der Waals surface area contributed by atoms with Crippen LogP contribution in [0.1, 0.15) is 6.42 Å². The molecule has 0 aromatic rings. The normalized spacial score (nSPS) is 32.3. The lowest BCUT2D eigenvalue weighted by Crippen LogP contribution is -2.50. The second-order valence-electron chi connectivity index (χ2n) is 2.81. The SMILES string of the molecule is O=S1(=O)NCNC2CC=CC=C21. The first-order valence-corrected chi connectivity index (χ1v) is 5.28. The Labute approximate surface area is 71.4 Å². The van der Waals surface area contributed by atoms with Crippen LogP contribution in [0.2, 0.25) is 0 Å². The summed E-state index contributed by atoms with van der Waals surface area (Å²) < 4.78 is 25.1. The van der Waals surface area contributed by atoms with Crippen molar-refractivity contribution >= 4 is 10.0 Å². The third-order valence-electron chi connectivity index (χ3n) is 2.03. The second kappa shape index (κ2) is 2.69. The molecule has 1 fully saturated rings. The predicted molar refractivity (Wildman–Crippen MR) is 45.7 cm³/mol. The maximum absolute atomic E-state index is 11.4. The van der Waals surface area contributed by atoms with Crippen molar-refractivity contribution in [3.63, 3.8) is 0 Å². The smallest absolute Gasteiger partial charge is 0.239 e. The molecule has 0 amide bonds. The highest BCUT2D eigenvalue weighted by Gasteiger charge is 2.29. The molecular weight excluding hydrogens is 176 g/mol. The summed E-state index contributed by atoms with van der Waals surface area (Å²) in [6.07, 6.45) is 6.13. The molecule has 2 N–H and O–H groups in total. The van der Waals surface area contributed by atoms with Gasteiger partial charge in [-0.1, -0.05) is 12.2 Å². The fraction of sp³-hybridized carbons (Fsp3) is 0.429. The van der Waals surface area contributed by atoms with Crippen LogP contribution in [-0.4, -0.2) is 21.1 Å². The van der Waals surface area contributed by atoms with Crippen molar-refractivity contribution in [1.29, 1.82) is 0 Å². The fourth-order valence-corrected chi connectivity index (χ4v) is 2.67. The molecule has 0 radical (unpaired) electrons. The highest BCUT2D eigenvalue weighted by atomic mass is 32.2. The van der Waals surface area contributed by atoms with Gasteiger partial charge in [-0.3, -0.25) is 5.32 Å². The van der Waals surface area contributed by atoms with Crippen LogP contribution in [0.4, 0.5) is 0 Å². The Hall–Kier alpha value is -0.650. The van der Waals surface area contributed by atoms with Crippen molar-refractivity contribution in [1.82, 2.24) is 10.0 Å². The van der Waals surface area contributed by atoms with Crippen molar-refractivity contribution in [2.45, 2.75) is 12.5 Å². The van der Waals surface area contributed by atoms with E-state index in [-0.39, 0.29) is 6.04 Å². The maximum Gasteiger partial charge on any atom is 0.239 e. The van der Waals surface area contributed by atoms with E-state index in [2.05, 4.69) is 10.0 Å². The average Bonchev–Trinajstić information content (AvgIpc) is 2.04. The highest BCUT2D eigenvalue weighted by Crippen LogP contribution is 2.20. The fourth-order valence-electron chi connectivity index (χ4n) is 1.41. The summed E-state index contributed by atoms with van der Waals surface area (Å²) in [5.41, 5.74) is 0. The van der Waals surface area contributed by atoms with Crippen LogP contribution < -0.4 is 10.0 Å². The molecular formula is C7H10N2O2S. The number of fused-ring (bicyclic) bond motifs is 1. The minimum Gasteiger partial charge on any atom is -0.296 e. The van der Waals surface area contributed by atoms with E-state index in [9.17, 15) is 8.42 Å². The van der Waals surface area contributed by atoms with Crippen LogP contribution in [0, 0.1) is 0 Å². The van der Waals surface area contributed by atoms with E-state index in [1.165, 1.54) is 0 Å².